The number of nitrogens with zero attached hydrogens (tertiary/aromatic N) is 3. The van der Waals surface area contributed by atoms with E-state index in [1.54, 1.807) is 19.2 Å². The molecule has 0 aliphatic carbocycles. The van der Waals surface area contributed by atoms with Gasteiger partial charge in [-0.2, -0.15) is 0 Å². The summed E-state index contributed by atoms with van der Waals surface area (Å²) in [5, 5.41) is 5.01. The lowest BCUT2D eigenvalue weighted by atomic mass is 10.1. The number of nitrogens with one attached hydrogen (secondary N) is 1. The fourth-order valence-electron chi connectivity index (χ4n) is 3.73. The van der Waals surface area contributed by atoms with Crippen molar-refractivity contribution < 1.29 is 14.2 Å². The zero-order valence-electron chi connectivity index (χ0n) is 18.4. The van der Waals surface area contributed by atoms with Crippen LogP contribution in [0.15, 0.2) is 36.7 Å². The molecule has 1 aromatic heterocycles. The number of morpholine rings is 1. The number of benzene rings is 2. The van der Waals surface area contributed by atoms with Gasteiger partial charge in [-0.05, 0) is 45.2 Å². The molecule has 32 heavy (non-hydrogen) atoms. The maximum Gasteiger partial charge on any atom is 0.163 e. The van der Waals surface area contributed by atoms with E-state index in [9.17, 15) is 0 Å². The highest BCUT2D eigenvalue weighted by atomic mass is 35.5. The molecule has 2 aromatic carbocycles. The highest BCUT2D eigenvalue weighted by Crippen LogP contribution is 2.35. The topological polar surface area (TPSA) is 68.7 Å². The lowest BCUT2D eigenvalue weighted by molar-refractivity contribution is -0.111. The Hall–Kier alpha value is -2.32. The van der Waals surface area contributed by atoms with Gasteiger partial charge in [0, 0.05) is 29.7 Å². The standard InChI is InChI=1S/C23H26Cl2N4O3/c1-13-14(2)32-16(10-29(13)3)11-31-22-9-20-17(8-21(22)30-4)23(27-12-26-20)28-15-5-6-18(24)19(25)7-15/h5-9,12-14,16H,10-11H2,1-4H3,(H,26,27,28)/t13?,14-,16-/m0/s1. The van der Waals surface area contributed by atoms with Crippen molar-refractivity contribution in [2.24, 2.45) is 0 Å². The van der Waals surface area contributed by atoms with E-state index in [-0.39, 0.29) is 12.2 Å². The van der Waals surface area contributed by atoms with Crippen LogP contribution in [-0.4, -0.2) is 60.4 Å². The van der Waals surface area contributed by atoms with Crippen LogP contribution >= 0.6 is 23.2 Å². The van der Waals surface area contributed by atoms with Crippen molar-refractivity contribution >= 4 is 45.6 Å². The number of aromatic nitrogens is 2. The van der Waals surface area contributed by atoms with Gasteiger partial charge in [0.1, 0.15) is 24.9 Å². The van der Waals surface area contributed by atoms with Gasteiger partial charge in [-0.15, -0.1) is 0 Å². The van der Waals surface area contributed by atoms with E-state index in [2.05, 4.69) is 41.1 Å². The second kappa shape index (κ2) is 9.67. The number of likely N-dealkylation sites (N-methyl/N-ethyl adjacent to an activating group) is 1. The first-order valence-corrected chi connectivity index (χ1v) is 11.1. The summed E-state index contributed by atoms with van der Waals surface area (Å²) in [6.07, 6.45) is 1.62. The third-order valence-electron chi connectivity index (χ3n) is 5.80. The van der Waals surface area contributed by atoms with E-state index in [1.165, 1.54) is 6.33 Å². The Kier molecular flexibility index (Phi) is 6.90. The van der Waals surface area contributed by atoms with Gasteiger partial charge in [0.2, 0.25) is 0 Å². The molecule has 1 aliphatic heterocycles. The molecule has 0 saturated carbocycles. The number of anilines is 2. The van der Waals surface area contributed by atoms with Crippen LogP contribution in [0, 0.1) is 0 Å². The maximum atomic E-state index is 6.14. The van der Waals surface area contributed by atoms with E-state index >= 15 is 0 Å². The maximum absolute atomic E-state index is 6.14. The summed E-state index contributed by atoms with van der Waals surface area (Å²) in [6.45, 7) is 5.48. The van der Waals surface area contributed by atoms with Crippen LogP contribution in [0.25, 0.3) is 10.9 Å². The Morgan fingerprint density at radius 3 is 2.66 bits per heavy atom. The molecule has 3 atom stereocenters. The van der Waals surface area contributed by atoms with Crippen LogP contribution in [0.3, 0.4) is 0 Å². The summed E-state index contributed by atoms with van der Waals surface area (Å²) in [5.74, 6) is 1.82. The van der Waals surface area contributed by atoms with Gasteiger partial charge in [0.05, 0.1) is 28.8 Å². The number of hydrogen-bond acceptors (Lipinski definition) is 7. The smallest absolute Gasteiger partial charge is 0.163 e. The quantitative estimate of drug-likeness (QED) is 0.525. The van der Waals surface area contributed by atoms with Crippen LogP contribution in [0.4, 0.5) is 11.5 Å². The van der Waals surface area contributed by atoms with E-state index in [1.807, 2.05) is 18.2 Å². The fraction of sp³-hybridized carbons (Fsp3) is 0.391. The molecule has 1 aliphatic rings. The van der Waals surface area contributed by atoms with Crippen molar-refractivity contribution in [1.82, 2.24) is 14.9 Å². The minimum Gasteiger partial charge on any atom is -0.493 e. The molecule has 7 nitrogen and oxygen atoms in total. The van der Waals surface area contributed by atoms with Crippen LogP contribution in [-0.2, 0) is 4.74 Å². The van der Waals surface area contributed by atoms with E-state index in [0.29, 0.717) is 40.0 Å². The van der Waals surface area contributed by atoms with Crippen molar-refractivity contribution in [3.63, 3.8) is 0 Å². The number of ether oxygens (including phenoxy) is 3. The van der Waals surface area contributed by atoms with Crippen molar-refractivity contribution in [2.45, 2.75) is 32.1 Å². The number of halogens is 2. The van der Waals surface area contributed by atoms with Crippen molar-refractivity contribution in [2.75, 3.05) is 32.6 Å². The molecule has 0 amide bonds. The Morgan fingerprint density at radius 2 is 1.94 bits per heavy atom. The molecule has 1 N–H and O–H groups in total. The Bertz CT molecular complexity index is 1100. The van der Waals surface area contributed by atoms with Gasteiger partial charge < -0.3 is 19.5 Å². The third kappa shape index (κ3) is 4.86. The predicted molar refractivity (Wildman–Crippen MR) is 128 cm³/mol. The van der Waals surface area contributed by atoms with Gasteiger partial charge in [-0.25, -0.2) is 9.97 Å². The molecule has 0 spiro atoms. The molecule has 4 rings (SSSR count). The van der Waals surface area contributed by atoms with Crippen LogP contribution < -0.4 is 14.8 Å². The monoisotopic (exact) mass is 476 g/mol. The highest BCUT2D eigenvalue weighted by Gasteiger charge is 2.29. The molecule has 170 valence electrons. The predicted octanol–water partition coefficient (Wildman–Crippen LogP) is 5.18. The molecule has 3 aromatic rings. The normalized spacial score (nSPS) is 21.5. The molecular formula is C23H26Cl2N4O3. The first-order valence-electron chi connectivity index (χ1n) is 10.4. The minimum atomic E-state index is -0.0242. The summed E-state index contributed by atoms with van der Waals surface area (Å²) < 4.78 is 17.8. The van der Waals surface area contributed by atoms with Gasteiger partial charge in [-0.3, -0.25) is 4.90 Å². The molecule has 0 bridgehead atoms. The van der Waals surface area contributed by atoms with E-state index in [0.717, 1.165) is 23.1 Å². The van der Waals surface area contributed by atoms with Crippen LogP contribution in [0.2, 0.25) is 10.0 Å². The Labute approximate surface area is 197 Å². The van der Waals surface area contributed by atoms with Crippen LogP contribution in [0.5, 0.6) is 11.5 Å². The number of rotatable bonds is 6. The second-order valence-electron chi connectivity index (χ2n) is 7.95. The van der Waals surface area contributed by atoms with Gasteiger partial charge in [-0.1, -0.05) is 23.2 Å². The van der Waals surface area contributed by atoms with E-state index < -0.39 is 0 Å². The van der Waals surface area contributed by atoms with Gasteiger partial charge in [0.15, 0.2) is 11.5 Å². The molecular weight excluding hydrogens is 451 g/mol. The van der Waals surface area contributed by atoms with Gasteiger partial charge in [0.25, 0.3) is 0 Å². The molecule has 9 heteroatoms. The average Bonchev–Trinajstić information content (AvgIpc) is 2.78. The second-order valence-corrected chi connectivity index (χ2v) is 8.77. The third-order valence-corrected chi connectivity index (χ3v) is 6.54. The Morgan fingerprint density at radius 1 is 1.12 bits per heavy atom. The summed E-state index contributed by atoms with van der Waals surface area (Å²) in [5.41, 5.74) is 1.49. The zero-order chi connectivity index (χ0) is 22.8. The van der Waals surface area contributed by atoms with Crippen LogP contribution in [0.1, 0.15) is 13.8 Å². The lowest BCUT2D eigenvalue weighted by Gasteiger charge is -2.39. The van der Waals surface area contributed by atoms with E-state index in [4.69, 9.17) is 37.4 Å². The molecule has 1 fully saturated rings. The zero-order valence-corrected chi connectivity index (χ0v) is 19.9. The number of methoxy groups -OCH3 is 1. The largest absolute Gasteiger partial charge is 0.493 e. The minimum absolute atomic E-state index is 0.0242. The summed E-state index contributed by atoms with van der Waals surface area (Å²) in [6, 6.07) is 9.40. The molecule has 2 heterocycles. The first kappa shape index (κ1) is 22.9. The molecule has 1 unspecified atom stereocenters. The summed E-state index contributed by atoms with van der Waals surface area (Å²) >= 11 is 12.2. The Balaban J connectivity index is 1.57. The summed E-state index contributed by atoms with van der Waals surface area (Å²) in [4.78, 5) is 11.1. The van der Waals surface area contributed by atoms with Crippen molar-refractivity contribution in [1.29, 1.82) is 0 Å². The average molecular weight is 477 g/mol. The molecule has 1 saturated heterocycles. The fourth-order valence-corrected chi connectivity index (χ4v) is 4.03. The van der Waals surface area contributed by atoms with Gasteiger partial charge >= 0.3 is 0 Å². The first-order chi connectivity index (χ1) is 15.4. The SMILES string of the molecule is COc1cc2c(Nc3ccc(Cl)c(Cl)c3)ncnc2cc1OC[C@@H]1CN(C)C(C)[C@H](C)O1. The molecule has 0 radical (unpaired) electrons. The van der Waals surface area contributed by atoms with Crippen molar-refractivity contribution in [3.05, 3.63) is 46.7 Å². The summed E-state index contributed by atoms with van der Waals surface area (Å²) in [7, 11) is 3.71. The number of hydrogen-bond donors (Lipinski definition) is 1. The highest BCUT2D eigenvalue weighted by molar-refractivity contribution is 6.42. The number of fused-ring (bicyclic) bond motifs is 1. The lowest BCUT2D eigenvalue weighted by Crippen LogP contribution is -2.52. The van der Waals surface area contributed by atoms with Crippen molar-refractivity contribution in [3.8, 4) is 11.5 Å².